The van der Waals surface area contributed by atoms with Crippen molar-refractivity contribution in [2.45, 2.75) is 13.3 Å². The van der Waals surface area contributed by atoms with Crippen molar-refractivity contribution in [2.75, 3.05) is 18.6 Å². The van der Waals surface area contributed by atoms with Crippen LogP contribution in [0.3, 0.4) is 0 Å². The number of halogens is 1. The van der Waals surface area contributed by atoms with E-state index >= 15 is 0 Å². The van der Waals surface area contributed by atoms with Gasteiger partial charge < -0.3 is 9.64 Å². The first kappa shape index (κ1) is 15.8. The van der Waals surface area contributed by atoms with Gasteiger partial charge in [-0.15, -0.1) is 0 Å². The third-order valence-corrected chi connectivity index (χ3v) is 4.75. The fourth-order valence-electron chi connectivity index (χ4n) is 3.06. The van der Waals surface area contributed by atoms with Gasteiger partial charge in [-0.3, -0.25) is 4.79 Å². The summed E-state index contributed by atoms with van der Waals surface area (Å²) in [7, 11) is 1.35. The Kier molecular flexibility index (Phi) is 4.26. The number of allylic oxidation sites excluding steroid dienone is 2. The topological polar surface area (TPSA) is 46.6 Å². The molecule has 1 amide bonds. The van der Waals surface area contributed by atoms with Crippen molar-refractivity contribution in [1.82, 2.24) is 0 Å². The molecule has 1 aromatic carbocycles. The standard InChI is InChI=1S/C18H18ClNO3/c1-11-8-12-6-7-13(18(22)23-2)9-16(12)20(17(11)21)10-14-4-3-5-15(14)19/h3-7,9,11,14H,8,10H2,1-2H3. The van der Waals surface area contributed by atoms with Gasteiger partial charge in [0.05, 0.1) is 12.7 Å². The highest BCUT2D eigenvalue weighted by Crippen LogP contribution is 2.34. The second kappa shape index (κ2) is 6.20. The lowest BCUT2D eigenvalue weighted by Gasteiger charge is -2.34. The number of hydrogen-bond donors (Lipinski definition) is 0. The van der Waals surface area contributed by atoms with Gasteiger partial charge in [0.1, 0.15) is 0 Å². The lowest BCUT2D eigenvalue weighted by atomic mass is 9.91. The fourth-order valence-corrected chi connectivity index (χ4v) is 3.28. The lowest BCUT2D eigenvalue weighted by Crippen LogP contribution is -2.42. The Balaban J connectivity index is 1.98. The second-order valence-corrected chi connectivity index (χ2v) is 6.37. The minimum absolute atomic E-state index is 0.000509. The van der Waals surface area contributed by atoms with Crippen molar-refractivity contribution < 1.29 is 14.3 Å². The van der Waals surface area contributed by atoms with Crippen molar-refractivity contribution >= 4 is 29.2 Å². The summed E-state index contributed by atoms with van der Waals surface area (Å²) in [5.41, 5.74) is 2.29. The van der Waals surface area contributed by atoms with Crippen LogP contribution in [0.1, 0.15) is 22.8 Å². The summed E-state index contributed by atoms with van der Waals surface area (Å²) in [5.74, 6) is -0.429. The van der Waals surface area contributed by atoms with Crippen LogP contribution in [0.2, 0.25) is 0 Å². The van der Waals surface area contributed by atoms with Crippen molar-refractivity contribution in [3.05, 3.63) is 52.6 Å². The zero-order valence-electron chi connectivity index (χ0n) is 13.1. The van der Waals surface area contributed by atoms with Crippen LogP contribution in [0, 0.1) is 11.8 Å². The predicted molar refractivity (Wildman–Crippen MR) is 89.6 cm³/mol. The van der Waals surface area contributed by atoms with Crippen LogP contribution >= 0.6 is 11.6 Å². The average molecular weight is 332 g/mol. The maximum absolute atomic E-state index is 12.7. The van der Waals surface area contributed by atoms with Crippen LogP contribution in [0.15, 0.2) is 41.5 Å². The third kappa shape index (κ3) is 2.91. The van der Waals surface area contributed by atoms with Crippen molar-refractivity contribution in [3.63, 3.8) is 0 Å². The number of rotatable bonds is 3. The molecule has 2 unspecified atom stereocenters. The molecule has 1 aromatic rings. The largest absolute Gasteiger partial charge is 0.465 e. The van der Waals surface area contributed by atoms with E-state index in [9.17, 15) is 9.59 Å². The summed E-state index contributed by atoms with van der Waals surface area (Å²) in [4.78, 5) is 26.2. The number of carbonyl (C=O) groups is 2. The van der Waals surface area contributed by atoms with Crippen molar-refractivity contribution in [2.24, 2.45) is 11.8 Å². The minimum Gasteiger partial charge on any atom is -0.465 e. The van der Waals surface area contributed by atoms with Crippen molar-refractivity contribution in [3.8, 4) is 0 Å². The molecular formula is C18H18ClNO3. The van der Waals surface area contributed by atoms with Crippen LogP contribution in [-0.4, -0.2) is 25.5 Å². The Morgan fingerprint density at radius 2 is 2.22 bits per heavy atom. The maximum Gasteiger partial charge on any atom is 0.337 e. The summed E-state index contributed by atoms with van der Waals surface area (Å²) in [6, 6.07) is 5.38. The van der Waals surface area contributed by atoms with E-state index in [-0.39, 0.29) is 17.7 Å². The quantitative estimate of drug-likeness (QED) is 0.798. The van der Waals surface area contributed by atoms with Gasteiger partial charge in [-0.2, -0.15) is 0 Å². The smallest absolute Gasteiger partial charge is 0.337 e. The van der Waals surface area contributed by atoms with Gasteiger partial charge >= 0.3 is 5.97 Å². The molecule has 2 atom stereocenters. The molecule has 3 rings (SSSR count). The second-order valence-electron chi connectivity index (χ2n) is 5.93. The first-order valence-electron chi connectivity index (χ1n) is 7.57. The summed E-state index contributed by atoms with van der Waals surface area (Å²) in [6.07, 6.45) is 6.40. The number of amides is 1. The molecule has 5 heteroatoms. The molecule has 0 N–H and O–H groups in total. The Hall–Kier alpha value is -2.07. The number of hydrogen-bond acceptors (Lipinski definition) is 3. The molecule has 0 aromatic heterocycles. The number of ether oxygens (including phenoxy) is 1. The molecule has 1 aliphatic carbocycles. The van der Waals surface area contributed by atoms with E-state index in [0.29, 0.717) is 18.5 Å². The van der Waals surface area contributed by atoms with Crippen LogP contribution in [-0.2, 0) is 16.0 Å². The highest BCUT2D eigenvalue weighted by atomic mass is 35.5. The summed E-state index contributed by atoms with van der Waals surface area (Å²) >= 11 is 6.20. The number of anilines is 1. The van der Waals surface area contributed by atoms with Gasteiger partial charge in [-0.05, 0) is 30.2 Å². The van der Waals surface area contributed by atoms with E-state index in [1.54, 1.807) is 17.0 Å². The third-order valence-electron chi connectivity index (χ3n) is 4.34. The molecule has 0 saturated carbocycles. The van der Waals surface area contributed by atoms with Crippen LogP contribution in [0.25, 0.3) is 0 Å². The molecule has 0 fully saturated rings. The highest BCUT2D eigenvalue weighted by molar-refractivity contribution is 6.30. The molecule has 120 valence electrons. The highest BCUT2D eigenvalue weighted by Gasteiger charge is 2.32. The maximum atomic E-state index is 12.7. The normalized spacial score (nSPS) is 22.8. The first-order valence-corrected chi connectivity index (χ1v) is 7.95. The van der Waals surface area contributed by atoms with Gasteiger partial charge in [-0.1, -0.05) is 36.7 Å². The fraction of sp³-hybridized carbons (Fsp3) is 0.333. The van der Waals surface area contributed by atoms with Gasteiger partial charge in [0.2, 0.25) is 5.91 Å². The predicted octanol–water partition coefficient (Wildman–Crippen LogP) is 3.31. The Bertz CT molecular complexity index is 723. The molecule has 0 saturated heterocycles. The zero-order chi connectivity index (χ0) is 16.6. The van der Waals surface area contributed by atoms with E-state index in [1.807, 2.05) is 31.2 Å². The average Bonchev–Trinajstić information content (AvgIpc) is 2.95. The number of nitrogens with zero attached hydrogens (tertiary/aromatic N) is 1. The molecule has 4 nitrogen and oxygen atoms in total. The summed E-state index contributed by atoms with van der Waals surface area (Å²) in [5, 5.41) is 0.724. The molecule has 23 heavy (non-hydrogen) atoms. The molecule has 0 radical (unpaired) electrons. The molecule has 2 aliphatic rings. The Morgan fingerprint density at radius 1 is 1.43 bits per heavy atom. The molecule has 1 heterocycles. The van der Waals surface area contributed by atoms with E-state index in [2.05, 4.69) is 0 Å². The molecule has 0 bridgehead atoms. The van der Waals surface area contributed by atoms with Gasteiger partial charge in [-0.25, -0.2) is 4.79 Å². The number of methoxy groups -OCH3 is 1. The lowest BCUT2D eigenvalue weighted by molar-refractivity contribution is -0.122. The summed E-state index contributed by atoms with van der Waals surface area (Å²) < 4.78 is 4.78. The number of benzene rings is 1. The van der Waals surface area contributed by atoms with Crippen LogP contribution in [0.4, 0.5) is 5.69 Å². The molecule has 1 aliphatic heterocycles. The molecule has 0 spiro atoms. The number of fused-ring (bicyclic) bond motifs is 1. The van der Waals surface area contributed by atoms with E-state index in [1.165, 1.54) is 7.11 Å². The van der Waals surface area contributed by atoms with Crippen LogP contribution < -0.4 is 4.90 Å². The monoisotopic (exact) mass is 331 g/mol. The van der Waals surface area contributed by atoms with Crippen molar-refractivity contribution in [1.29, 1.82) is 0 Å². The van der Waals surface area contributed by atoms with Crippen LogP contribution in [0.5, 0.6) is 0 Å². The Labute approximate surface area is 140 Å². The minimum atomic E-state index is -0.405. The van der Waals surface area contributed by atoms with E-state index < -0.39 is 5.97 Å². The number of carbonyl (C=O) groups excluding carboxylic acids is 2. The first-order chi connectivity index (χ1) is 11.0. The van der Waals surface area contributed by atoms with E-state index in [4.69, 9.17) is 16.3 Å². The van der Waals surface area contributed by atoms with E-state index in [0.717, 1.165) is 16.3 Å². The van der Waals surface area contributed by atoms with Gasteiger partial charge in [0.25, 0.3) is 0 Å². The Morgan fingerprint density at radius 3 is 2.87 bits per heavy atom. The molecular weight excluding hydrogens is 314 g/mol. The zero-order valence-corrected chi connectivity index (χ0v) is 13.8. The number of esters is 1. The summed E-state index contributed by atoms with van der Waals surface area (Å²) in [6.45, 7) is 2.40. The van der Waals surface area contributed by atoms with Gasteiger partial charge in [0, 0.05) is 29.1 Å². The SMILES string of the molecule is COC(=O)c1ccc2c(c1)N(CC1C=CC=C1Cl)C(=O)C(C)C2. The van der Waals surface area contributed by atoms with Gasteiger partial charge in [0.15, 0.2) is 0 Å².